The zero-order valence-electron chi connectivity index (χ0n) is 28.3. The molecule has 1 saturated carbocycles. The van der Waals surface area contributed by atoms with Crippen LogP contribution in [0.1, 0.15) is 74.7 Å². The highest BCUT2D eigenvalue weighted by atomic mass is 32.2. The van der Waals surface area contributed by atoms with Crippen LogP contribution < -0.4 is 26.0 Å². The number of likely N-dealkylation sites (tertiary alicyclic amines) is 1. The van der Waals surface area contributed by atoms with Gasteiger partial charge in [0.1, 0.15) is 12.1 Å². The summed E-state index contributed by atoms with van der Waals surface area (Å²) in [6, 6.07) is -4.12. The molecule has 5 amide bonds. The molecule has 0 aromatic rings. The lowest BCUT2D eigenvalue weighted by atomic mass is 9.85. The first-order valence-electron chi connectivity index (χ1n) is 15.8. The van der Waals surface area contributed by atoms with E-state index in [2.05, 4.69) is 32.6 Å². The lowest BCUT2D eigenvalue weighted by Gasteiger charge is -2.38. The van der Waals surface area contributed by atoms with Gasteiger partial charge < -0.3 is 26.2 Å². The maximum atomic E-state index is 14.2. The van der Waals surface area contributed by atoms with Crippen molar-refractivity contribution in [1.82, 2.24) is 30.9 Å². The highest BCUT2D eigenvalue weighted by Gasteiger charge is 2.69. The van der Waals surface area contributed by atoms with Gasteiger partial charge in [0, 0.05) is 25.7 Å². The minimum atomic E-state index is -3.49. The van der Waals surface area contributed by atoms with Crippen LogP contribution in [0.4, 0.5) is 4.79 Å². The average molecular weight is 655 g/mol. The lowest BCUT2D eigenvalue weighted by Crippen LogP contribution is -2.62. The van der Waals surface area contributed by atoms with Crippen molar-refractivity contribution in [1.29, 1.82) is 0 Å². The van der Waals surface area contributed by atoms with E-state index >= 15 is 0 Å². The molecule has 0 spiro atoms. The van der Waals surface area contributed by atoms with E-state index in [1.807, 2.05) is 34.6 Å². The molecule has 1 saturated heterocycles. The summed E-state index contributed by atoms with van der Waals surface area (Å²) in [6.07, 6.45) is 3.97. The number of Topliss-reactive ketones (excluding diaryl/α,β-unsaturated/α-hetero) is 1. The van der Waals surface area contributed by atoms with Crippen molar-refractivity contribution >= 4 is 39.6 Å². The number of hydrogen-bond acceptors (Lipinski definition) is 7. The zero-order chi connectivity index (χ0) is 34.5. The van der Waals surface area contributed by atoms with Gasteiger partial charge in [-0.2, -0.15) is 0 Å². The Hall–Kier alpha value is -3.00. The van der Waals surface area contributed by atoms with E-state index < -0.39 is 69.1 Å². The third-order valence-corrected chi connectivity index (χ3v) is 9.89. The van der Waals surface area contributed by atoms with E-state index in [0.717, 1.165) is 6.26 Å². The Morgan fingerprint density at radius 2 is 1.69 bits per heavy atom. The topological polar surface area (TPSA) is 183 Å². The molecule has 256 valence electrons. The molecule has 2 rings (SSSR count). The van der Waals surface area contributed by atoms with Gasteiger partial charge in [0.25, 0.3) is 5.91 Å². The van der Waals surface area contributed by atoms with E-state index in [1.54, 1.807) is 20.8 Å². The highest BCUT2D eigenvalue weighted by Crippen LogP contribution is 2.65. The van der Waals surface area contributed by atoms with Gasteiger partial charge in [-0.05, 0) is 35.0 Å². The van der Waals surface area contributed by atoms with Crippen LogP contribution >= 0.6 is 0 Å². The average Bonchev–Trinajstić information content (AvgIpc) is 3.26. The number of nitrogens with one attached hydrogen (secondary N) is 5. The zero-order valence-corrected chi connectivity index (χ0v) is 29.1. The first-order valence-corrected chi connectivity index (χ1v) is 17.7. The fraction of sp³-hybridized carbons (Fsp3) is 0.774. The number of piperidine rings is 1. The summed E-state index contributed by atoms with van der Waals surface area (Å²) < 4.78 is 25.8. The quantitative estimate of drug-likeness (QED) is 0.123. The summed E-state index contributed by atoms with van der Waals surface area (Å²) >= 11 is 0. The third kappa shape index (κ3) is 9.74. The number of carbonyl (C=O) groups is 5. The lowest BCUT2D eigenvalue weighted by molar-refractivity contribution is -0.145. The van der Waals surface area contributed by atoms with Crippen molar-refractivity contribution < 1.29 is 32.4 Å². The summed E-state index contributed by atoms with van der Waals surface area (Å²) in [5, 5.41) is 10.8. The fourth-order valence-electron chi connectivity index (χ4n) is 6.11. The van der Waals surface area contributed by atoms with Crippen LogP contribution in [0.25, 0.3) is 0 Å². The van der Waals surface area contributed by atoms with Gasteiger partial charge in [-0.1, -0.05) is 74.3 Å². The molecule has 2 aliphatic rings. The summed E-state index contributed by atoms with van der Waals surface area (Å²) in [6.45, 7) is 19.1. The summed E-state index contributed by atoms with van der Waals surface area (Å²) in [5.74, 6) is -2.68. The van der Waals surface area contributed by atoms with Crippen LogP contribution in [0, 0.1) is 28.6 Å². The summed E-state index contributed by atoms with van der Waals surface area (Å²) in [5.41, 5.74) is -0.957. The molecule has 0 aromatic heterocycles. The molecule has 0 aromatic carbocycles. The molecule has 13 nitrogen and oxygen atoms in total. The molecule has 45 heavy (non-hydrogen) atoms. The van der Waals surface area contributed by atoms with Crippen LogP contribution in [-0.4, -0.2) is 92.9 Å². The maximum absolute atomic E-state index is 14.2. The largest absolute Gasteiger partial charge is 0.346 e. The molecule has 0 bridgehead atoms. The van der Waals surface area contributed by atoms with Crippen molar-refractivity contribution in [2.75, 3.05) is 25.9 Å². The van der Waals surface area contributed by atoms with Crippen molar-refractivity contribution in [3.05, 3.63) is 12.7 Å². The SMILES string of the molecule is C=CCNC(=O)C(=O)C(CCC)NC(=O)[C@@H]1[C@@H]2[C@H](CN1C(=O)[C@@H](NC(=O)N[C@H](CNS(C)(=O)=O)[C@@H](C)CC)C(C)(C)C)C2(C)C. The molecule has 7 atom stereocenters. The van der Waals surface area contributed by atoms with Crippen molar-refractivity contribution in [2.45, 2.75) is 98.8 Å². The summed E-state index contributed by atoms with van der Waals surface area (Å²) in [7, 11) is -3.49. The minimum Gasteiger partial charge on any atom is -0.346 e. The first-order chi connectivity index (χ1) is 20.7. The van der Waals surface area contributed by atoms with Crippen LogP contribution in [-0.2, 0) is 29.2 Å². The predicted molar refractivity (Wildman–Crippen MR) is 172 cm³/mol. The predicted octanol–water partition coefficient (Wildman–Crippen LogP) is 1.30. The van der Waals surface area contributed by atoms with Gasteiger partial charge in [-0.3, -0.25) is 19.2 Å². The molecular formula is C31H54N6O7S. The number of rotatable bonds is 16. The van der Waals surface area contributed by atoms with Gasteiger partial charge >= 0.3 is 6.03 Å². The Balaban J connectivity index is 2.30. The molecule has 5 N–H and O–H groups in total. The number of hydrogen-bond donors (Lipinski definition) is 5. The van der Waals surface area contributed by atoms with Gasteiger partial charge in [0.15, 0.2) is 0 Å². The second-order valence-corrected chi connectivity index (χ2v) is 16.0. The van der Waals surface area contributed by atoms with E-state index in [0.29, 0.717) is 19.4 Å². The normalized spacial score (nSPS) is 23.0. The third-order valence-electron chi connectivity index (χ3n) is 9.20. The highest BCUT2D eigenvalue weighted by molar-refractivity contribution is 7.88. The molecular weight excluding hydrogens is 600 g/mol. The Bertz CT molecular complexity index is 1250. The molecule has 1 aliphatic heterocycles. The monoisotopic (exact) mass is 654 g/mol. The number of nitrogens with zero attached hydrogens (tertiary/aromatic N) is 1. The molecule has 1 unspecified atom stereocenters. The maximum Gasteiger partial charge on any atom is 0.315 e. The van der Waals surface area contributed by atoms with Crippen LogP contribution in [0.5, 0.6) is 0 Å². The number of carbonyl (C=O) groups excluding carboxylic acids is 5. The number of amides is 5. The standard InChI is InChI=1S/C31H54N6O7S/c1-11-14-20(24(38)27(40)32-15-12-2)34-26(39)23-22-19(31(22,8)9)17-37(23)28(41)25(30(5,6)7)36-29(42)35-21(18(4)13-3)16-33-45(10,43)44/h12,18-23,25,33H,2,11,13-17H2,1,3-10H3,(H,32,40)(H,34,39)(H2,35,36,42)/t18-,19-,20?,21+,22-,23-,25+/m0/s1. The molecule has 1 aliphatic carbocycles. The van der Waals surface area contributed by atoms with Crippen LogP contribution in [0.3, 0.4) is 0 Å². The smallest absolute Gasteiger partial charge is 0.315 e. The number of sulfonamides is 1. The Morgan fingerprint density at radius 3 is 2.20 bits per heavy atom. The number of urea groups is 1. The van der Waals surface area contributed by atoms with E-state index in [1.165, 1.54) is 11.0 Å². The second kappa shape index (κ2) is 15.1. The van der Waals surface area contributed by atoms with Crippen LogP contribution in [0.2, 0.25) is 0 Å². The van der Waals surface area contributed by atoms with Crippen molar-refractivity contribution in [2.24, 2.45) is 28.6 Å². The van der Waals surface area contributed by atoms with Gasteiger partial charge in [0.2, 0.25) is 27.6 Å². The molecule has 14 heteroatoms. The summed E-state index contributed by atoms with van der Waals surface area (Å²) in [4.78, 5) is 68.1. The Kier molecular flexibility index (Phi) is 12.8. The fourth-order valence-corrected chi connectivity index (χ4v) is 6.60. The van der Waals surface area contributed by atoms with E-state index in [9.17, 15) is 32.4 Å². The minimum absolute atomic E-state index is 0.00847. The van der Waals surface area contributed by atoms with Gasteiger partial charge in [0.05, 0.1) is 12.3 Å². The number of fused-ring (bicyclic) bond motifs is 1. The van der Waals surface area contributed by atoms with Crippen LogP contribution in [0.15, 0.2) is 12.7 Å². The van der Waals surface area contributed by atoms with Gasteiger partial charge in [-0.25, -0.2) is 17.9 Å². The Labute approximate surface area is 268 Å². The Morgan fingerprint density at radius 1 is 1.07 bits per heavy atom. The van der Waals surface area contributed by atoms with E-state index in [-0.39, 0.29) is 42.7 Å². The van der Waals surface area contributed by atoms with E-state index in [4.69, 9.17) is 0 Å². The first kappa shape index (κ1) is 38.2. The van der Waals surface area contributed by atoms with Crippen molar-refractivity contribution in [3.63, 3.8) is 0 Å². The van der Waals surface area contributed by atoms with Gasteiger partial charge in [-0.15, -0.1) is 6.58 Å². The molecule has 1 heterocycles. The second-order valence-electron chi connectivity index (χ2n) is 14.1. The molecule has 0 radical (unpaired) electrons. The molecule has 2 fully saturated rings. The van der Waals surface area contributed by atoms with Crippen molar-refractivity contribution in [3.8, 4) is 0 Å². The number of ketones is 1.